The van der Waals surface area contributed by atoms with E-state index in [1.165, 1.54) is 61.2 Å². The van der Waals surface area contributed by atoms with Crippen LogP contribution in [0.15, 0.2) is 22.7 Å². The van der Waals surface area contributed by atoms with Crippen molar-refractivity contribution in [3.8, 4) is 0 Å². The van der Waals surface area contributed by atoms with Crippen molar-refractivity contribution in [2.45, 2.75) is 32.2 Å². The number of hydrogen-bond acceptors (Lipinski definition) is 2. The Bertz CT molecular complexity index is 433. The molecular weight excluding hydrogens is 288 g/mol. The molecule has 0 bridgehead atoms. The fraction of sp³-hybridized carbons (Fsp3) is 0.600. The zero-order valence-corrected chi connectivity index (χ0v) is 12.6. The molecule has 0 aliphatic carbocycles. The van der Waals surface area contributed by atoms with E-state index >= 15 is 0 Å². The Kier molecular flexibility index (Phi) is 3.62. The minimum Gasteiger partial charge on any atom is -0.369 e. The van der Waals surface area contributed by atoms with Gasteiger partial charge >= 0.3 is 0 Å². The first-order valence-electron chi connectivity index (χ1n) is 6.99. The van der Waals surface area contributed by atoms with Crippen LogP contribution in [0.5, 0.6) is 0 Å². The summed E-state index contributed by atoms with van der Waals surface area (Å²) in [5, 5.41) is 0. The van der Waals surface area contributed by atoms with Gasteiger partial charge in [-0.2, -0.15) is 0 Å². The number of halogens is 1. The van der Waals surface area contributed by atoms with Crippen LogP contribution in [0.25, 0.3) is 0 Å². The summed E-state index contributed by atoms with van der Waals surface area (Å²) in [4.78, 5) is 5.25. The molecule has 0 spiro atoms. The van der Waals surface area contributed by atoms with Crippen LogP contribution in [0.3, 0.4) is 0 Å². The maximum Gasteiger partial charge on any atom is 0.0511 e. The molecule has 0 aromatic heterocycles. The van der Waals surface area contributed by atoms with E-state index in [1.807, 2.05) is 0 Å². The number of rotatable bonds is 1. The van der Waals surface area contributed by atoms with E-state index in [-0.39, 0.29) is 0 Å². The summed E-state index contributed by atoms with van der Waals surface area (Å²) in [6.07, 6.45) is 4.05. The molecule has 3 rings (SSSR count). The first-order chi connectivity index (χ1) is 8.74. The molecule has 2 fully saturated rings. The molecule has 0 N–H and O–H groups in total. The van der Waals surface area contributed by atoms with Crippen molar-refractivity contribution in [3.63, 3.8) is 0 Å². The summed E-state index contributed by atoms with van der Waals surface area (Å²) in [5.41, 5.74) is 2.69. The molecule has 1 unspecified atom stereocenters. The molecule has 18 heavy (non-hydrogen) atoms. The van der Waals surface area contributed by atoms with E-state index in [2.05, 4.69) is 50.9 Å². The lowest BCUT2D eigenvalue weighted by Crippen LogP contribution is -2.36. The smallest absolute Gasteiger partial charge is 0.0511 e. The third-order valence-corrected chi connectivity index (χ3v) is 4.88. The molecular formula is C15H21BrN2. The average molecular weight is 309 g/mol. The van der Waals surface area contributed by atoms with E-state index in [1.54, 1.807) is 0 Å². The van der Waals surface area contributed by atoms with Gasteiger partial charge < -0.3 is 4.90 Å². The zero-order valence-electron chi connectivity index (χ0n) is 11.0. The molecule has 2 aliphatic rings. The molecule has 0 saturated carbocycles. The topological polar surface area (TPSA) is 6.48 Å². The fourth-order valence-electron chi connectivity index (χ4n) is 3.29. The Labute approximate surface area is 118 Å². The van der Waals surface area contributed by atoms with Gasteiger partial charge in [0.05, 0.1) is 5.69 Å². The second-order valence-corrected chi connectivity index (χ2v) is 6.44. The largest absolute Gasteiger partial charge is 0.369 e. The highest BCUT2D eigenvalue weighted by Crippen LogP contribution is 2.30. The zero-order chi connectivity index (χ0) is 12.5. The summed E-state index contributed by atoms with van der Waals surface area (Å²) in [6, 6.07) is 7.49. The lowest BCUT2D eigenvalue weighted by Gasteiger charge is -2.28. The van der Waals surface area contributed by atoms with Gasteiger partial charge in [0.15, 0.2) is 0 Å². The molecule has 1 aromatic rings. The highest BCUT2D eigenvalue weighted by Gasteiger charge is 2.29. The lowest BCUT2D eigenvalue weighted by molar-refractivity contribution is 0.273. The number of anilines is 1. The Morgan fingerprint density at radius 2 is 2.00 bits per heavy atom. The Hall–Kier alpha value is -0.540. The number of hydrogen-bond donors (Lipinski definition) is 0. The van der Waals surface area contributed by atoms with Gasteiger partial charge in [0.2, 0.25) is 0 Å². The van der Waals surface area contributed by atoms with Crippen LogP contribution >= 0.6 is 15.9 Å². The molecule has 98 valence electrons. The molecule has 2 aliphatic heterocycles. The molecule has 0 amide bonds. The summed E-state index contributed by atoms with van der Waals surface area (Å²) < 4.78 is 1.24. The summed E-state index contributed by atoms with van der Waals surface area (Å²) in [6.45, 7) is 7.13. The van der Waals surface area contributed by atoms with Crippen LogP contribution in [0.4, 0.5) is 5.69 Å². The van der Waals surface area contributed by atoms with Crippen molar-refractivity contribution in [2.24, 2.45) is 0 Å². The Morgan fingerprint density at radius 3 is 2.83 bits per heavy atom. The minimum atomic E-state index is 0.778. The summed E-state index contributed by atoms with van der Waals surface area (Å²) in [7, 11) is 0. The molecule has 1 atom stereocenters. The first-order valence-corrected chi connectivity index (χ1v) is 7.78. The molecule has 1 aromatic carbocycles. The van der Waals surface area contributed by atoms with Crippen molar-refractivity contribution in [2.75, 3.05) is 31.1 Å². The van der Waals surface area contributed by atoms with Gasteiger partial charge in [-0.15, -0.1) is 0 Å². The highest BCUT2D eigenvalue weighted by molar-refractivity contribution is 9.10. The normalized spacial score (nSPS) is 25.0. The van der Waals surface area contributed by atoms with Crippen molar-refractivity contribution in [3.05, 3.63) is 28.2 Å². The van der Waals surface area contributed by atoms with Crippen LogP contribution in [0.2, 0.25) is 0 Å². The quantitative estimate of drug-likeness (QED) is 0.784. The van der Waals surface area contributed by atoms with Gasteiger partial charge in [-0.05, 0) is 66.4 Å². The molecule has 2 nitrogen and oxygen atoms in total. The van der Waals surface area contributed by atoms with E-state index < -0.39 is 0 Å². The predicted molar refractivity (Wildman–Crippen MR) is 80.3 cm³/mol. The van der Waals surface area contributed by atoms with Gasteiger partial charge in [-0.25, -0.2) is 0 Å². The molecule has 0 radical (unpaired) electrons. The van der Waals surface area contributed by atoms with Crippen LogP contribution in [0, 0.1) is 6.92 Å². The van der Waals surface area contributed by atoms with Gasteiger partial charge in [0.25, 0.3) is 0 Å². The first kappa shape index (κ1) is 12.5. The van der Waals surface area contributed by atoms with Crippen LogP contribution < -0.4 is 4.90 Å². The van der Waals surface area contributed by atoms with Gasteiger partial charge in [0.1, 0.15) is 0 Å². The van der Waals surface area contributed by atoms with E-state index in [9.17, 15) is 0 Å². The van der Waals surface area contributed by atoms with Crippen LogP contribution in [-0.4, -0.2) is 37.1 Å². The maximum absolute atomic E-state index is 3.73. The second kappa shape index (κ2) is 5.22. The van der Waals surface area contributed by atoms with E-state index in [4.69, 9.17) is 0 Å². The fourth-order valence-corrected chi connectivity index (χ4v) is 4.04. The third kappa shape index (κ3) is 2.43. The monoisotopic (exact) mass is 308 g/mol. The summed E-state index contributed by atoms with van der Waals surface area (Å²) >= 11 is 3.73. The lowest BCUT2D eigenvalue weighted by atomic mass is 10.1. The van der Waals surface area contributed by atoms with Gasteiger partial charge in [-0.1, -0.05) is 6.07 Å². The summed E-state index contributed by atoms with van der Waals surface area (Å²) in [5.74, 6) is 0. The van der Waals surface area contributed by atoms with E-state index in [0.717, 1.165) is 6.04 Å². The van der Waals surface area contributed by atoms with Crippen LogP contribution in [0.1, 0.15) is 24.8 Å². The SMILES string of the molecule is Cc1ccc(N2CCCN3CCCC3C2)c(Br)c1. The molecule has 3 heteroatoms. The van der Waals surface area contributed by atoms with Gasteiger partial charge in [-0.3, -0.25) is 4.90 Å². The average Bonchev–Trinajstić information content (AvgIpc) is 2.67. The van der Waals surface area contributed by atoms with Crippen molar-refractivity contribution in [1.82, 2.24) is 4.90 Å². The highest BCUT2D eigenvalue weighted by atomic mass is 79.9. The predicted octanol–water partition coefficient (Wildman–Crippen LogP) is 3.43. The second-order valence-electron chi connectivity index (χ2n) is 5.59. The number of aryl methyl sites for hydroxylation is 1. The van der Waals surface area contributed by atoms with Gasteiger partial charge in [0, 0.05) is 30.1 Å². The third-order valence-electron chi connectivity index (χ3n) is 4.25. The van der Waals surface area contributed by atoms with E-state index in [0.29, 0.717) is 0 Å². The van der Waals surface area contributed by atoms with Crippen molar-refractivity contribution in [1.29, 1.82) is 0 Å². The van der Waals surface area contributed by atoms with Crippen molar-refractivity contribution < 1.29 is 0 Å². The molecule has 2 heterocycles. The Balaban J connectivity index is 1.82. The number of benzene rings is 1. The molecule has 2 saturated heterocycles. The van der Waals surface area contributed by atoms with Crippen molar-refractivity contribution >= 4 is 21.6 Å². The van der Waals surface area contributed by atoms with Crippen LogP contribution in [-0.2, 0) is 0 Å². The number of fused-ring (bicyclic) bond motifs is 1. The standard InChI is InChI=1S/C15H21BrN2/c1-12-5-6-15(14(16)10-12)18-9-3-8-17-7-2-4-13(17)11-18/h5-6,10,13H,2-4,7-9,11H2,1H3. The number of nitrogens with zero attached hydrogens (tertiary/aromatic N) is 2. The Morgan fingerprint density at radius 1 is 1.17 bits per heavy atom. The maximum atomic E-state index is 3.73. The minimum absolute atomic E-state index is 0.778.